The number of nitrogens with zero attached hydrogens (tertiary/aromatic N) is 1. The Balaban J connectivity index is 2.59. The maximum atomic E-state index is 11.8. The highest BCUT2D eigenvalue weighted by atomic mass is 16.5. The van der Waals surface area contributed by atoms with Gasteiger partial charge >= 0.3 is 0 Å². The lowest BCUT2D eigenvalue weighted by atomic mass is 10.2. The Labute approximate surface area is 113 Å². The van der Waals surface area contributed by atoms with Crippen LogP contribution in [0.2, 0.25) is 0 Å². The maximum Gasteiger partial charge on any atom is 0.260 e. The molecule has 0 saturated heterocycles. The molecule has 0 heterocycles. The Kier molecular flexibility index (Phi) is 5.63. The van der Waals surface area contributed by atoms with Gasteiger partial charge in [-0.15, -0.1) is 0 Å². The number of rotatable bonds is 6. The molecule has 1 rings (SSSR count). The summed E-state index contributed by atoms with van der Waals surface area (Å²) in [5.41, 5.74) is 1.06. The van der Waals surface area contributed by atoms with Crippen molar-refractivity contribution in [3.63, 3.8) is 0 Å². The molecule has 1 unspecified atom stereocenters. The van der Waals surface area contributed by atoms with Gasteiger partial charge in [0.05, 0.1) is 13.2 Å². The van der Waals surface area contributed by atoms with Crippen molar-refractivity contribution in [1.29, 1.82) is 0 Å². The predicted molar refractivity (Wildman–Crippen MR) is 72.5 cm³/mol. The van der Waals surface area contributed by atoms with E-state index in [0.717, 1.165) is 5.56 Å². The normalized spacial score (nSPS) is 11.8. The summed E-state index contributed by atoms with van der Waals surface area (Å²) in [4.78, 5) is 13.2. The highest BCUT2D eigenvalue weighted by Gasteiger charge is 2.13. The van der Waals surface area contributed by atoms with Gasteiger partial charge in [-0.2, -0.15) is 0 Å². The van der Waals surface area contributed by atoms with Gasteiger partial charge in [0.15, 0.2) is 18.1 Å². The third-order valence-electron chi connectivity index (χ3n) is 2.63. The topological polar surface area (TPSA) is 59.0 Å². The second-order valence-electron chi connectivity index (χ2n) is 4.57. The van der Waals surface area contributed by atoms with Gasteiger partial charge < -0.3 is 19.5 Å². The summed E-state index contributed by atoms with van der Waals surface area (Å²) >= 11 is 0. The van der Waals surface area contributed by atoms with Crippen molar-refractivity contribution in [2.24, 2.45) is 0 Å². The van der Waals surface area contributed by atoms with Crippen molar-refractivity contribution >= 4 is 5.91 Å². The Morgan fingerprint density at radius 2 is 2.11 bits per heavy atom. The molecule has 0 aliphatic rings. The first kappa shape index (κ1) is 15.3. The predicted octanol–water partition coefficient (Wildman–Crippen LogP) is 1.22. The molecule has 106 valence electrons. The molecule has 0 aromatic heterocycles. The van der Waals surface area contributed by atoms with Crippen LogP contribution in [0, 0.1) is 6.92 Å². The standard InChI is InChI=1S/C14H21NO4/c1-10-5-6-12(13(7-10)18-4)19-9-14(17)15(3)8-11(2)16/h5-7,11,16H,8-9H2,1-4H3. The monoisotopic (exact) mass is 267 g/mol. The molecule has 1 N–H and O–H groups in total. The molecule has 0 saturated carbocycles. The van der Waals surface area contributed by atoms with E-state index in [0.29, 0.717) is 11.5 Å². The van der Waals surface area contributed by atoms with E-state index in [4.69, 9.17) is 9.47 Å². The fourth-order valence-corrected chi connectivity index (χ4v) is 1.64. The first-order valence-corrected chi connectivity index (χ1v) is 6.13. The number of carbonyl (C=O) groups excluding carboxylic acids is 1. The second kappa shape index (κ2) is 6.99. The molecule has 5 nitrogen and oxygen atoms in total. The fraction of sp³-hybridized carbons (Fsp3) is 0.500. The summed E-state index contributed by atoms with van der Waals surface area (Å²) in [5, 5.41) is 9.21. The molecule has 0 aliphatic heterocycles. The third-order valence-corrected chi connectivity index (χ3v) is 2.63. The lowest BCUT2D eigenvalue weighted by Gasteiger charge is -2.19. The zero-order valence-electron chi connectivity index (χ0n) is 11.8. The molecule has 19 heavy (non-hydrogen) atoms. The zero-order valence-corrected chi connectivity index (χ0v) is 11.8. The summed E-state index contributed by atoms with van der Waals surface area (Å²) in [6.45, 7) is 3.79. The molecular weight excluding hydrogens is 246 g/mol. The Morgan fingerprint density at radius 3 is 2.68 bits per heavy atom. The van der Waals surface area contributed by atoms with Crippen molar-refractivity contribution in [2.75, 3.05) is 27.3 Å². The van der Waals surface area contributed by atoms with Crippen LogP contribution in [0.5, 0.6) is 11.5 Å². The van der Waals surface area contributed by atoms with Gasteiger partial charge in [-0.25, -0.2) is 0 Å². The molecule has 1 aromatic carbocycles. The first-order chi connectivity index (χ1) is 8.93. The Morgan fingerprint density at radius 1 is 1.42 bits per heavy atom. The number of benzene rings is 1. The lowest BCUT2D eigenvalue weighted by molar-refractivity contribution is -0.133. The number of ether oxygens (including phenoxy) is 2. The smallest absolute Gasteiger partial charge is 0.260 e. The van der Waals surface area contributed by atoms with Gasteiger partial charge in [-0.3, -0.25) is 4.79 Å². The molecule has 0 bridgehead atoms. The molecule has 0 aliphatic carbocycles. The molecule has 0 radical (unpaired) electrons. The van der Waals surface area contributed by atoms with Crippen molar-refractivity contribution < 1.29 is 19.4 Å². The van der Waals surface area contributed by atoms with Crippen LogP contribution in [0.4, 0.5) is 0 Å². The second-order valence-corrected chi connectivity index (χ2v) is 4.57. The SMILES string of the molecule is COc1cc(C)ccc1OCC(=O)N(C)CC(C)O. The molecule has 1 amide bonds. The van der Waals surface area contributed by atoms with E-state index in [2.05, 4.69) is 0 Å². The van der Waals surface area contributed by atoms with Gasteiger partial charge in [0.25, 0.3) is 5.91 Å². The number of carbonyl (C=O) groups is 1. The van der Waals surface area contributed by atoms with Crippen LogP contribution in [-0.2, 0) is 4.79 Å². The minimum Gasteiger partial charge on any atom is -0.493 e. The summed E-state index contributed by atoms with van der Waals surface area (Å²) in [6.07, 6.45) is -0.553. The summed E-state index contributed by atoms with van der Waals surface area (Å²) in [7, 11) is 3.19. The first-order valence-electron chi connectivity index (χ1n) is 6.13. The van der Waals surface area contributed by atoms with E-state index in [-0.39, 0.29) is 19.1 Å². The lowest BCUT2D eigenvalue weighted by Crippen LogP contribution is -2.36. The van der Waals surface area contributed by atoms with E-state index in [9.17, 15) is 9.90 Å². The summed E-state index contributed by atoms with van der Waals surface area (Å²) < 4.78 is 10.6. The number of likely N-dealkylation sites (N-methyl/N-ethyl adjacent to an activating group) is 1. The van der Waals surface area contributed by atoms with E-state index in [1.807, 2.05) is 19.1 Å². The molecule has 5 heteroatoms. The van der Waals surface area contributed by atoms with Gasteiger partial charge in [0.2, 0.25) is 0 Å². The average molecular weight is 267 g/mol. The largest absolute Gasteiger partial charge is 0.493 e. The van der Waals surface area contributed by atoms with Crippen LogP contribution < -0.4 is 9.47 Å². The van der Waals surface area contributed by atoms with Crippen LogP contribution in [0.1, 0.15) is 12.5 Å². The van der Waals surface area contributed by atoms with Crippen LogP contribution in [0.15, 0.2) is 18.2 Å². The average Bonchev–Trinajstić information content (AvgIpc) is 2.35. The van der Waals surface area contributed by atoms with Crippen molar-refractivity contribution in [3.8, 4) is 11.5 Å². The van der Waals surface area contributed by atoms with Crippen LogP contribution in [0.25, 0.3) is 0 Å². The number of methoxy groups -OCH3 is 1. The van der Waals surface area contributed by atoms with Crippen molar-refractivity contribution in [2.45, 2.75) is 20.0 Å². The number of aryl methyl sites for hydroxylation is 1. The molecule has 1 aromatic rings. The number of aliphatic hydroxyl groups is 1. The number of amides is 1. The Bertz CT molecular complexity index is 431. The quantitative estimate of drug-likeness (QED) is 0.842. The van der Waals surface area contributed by atoms with Gasteiger partial charge in [0, 0.05) is 13.6 Å². The summed E-state index contributed by atoms with van der Waals surface area (Å²) in [5.74, 6) is 0.946. The Hall–Kier alpha value is -1.75. The number of hydrogen-bond acceptors (Lipinski definition) is 4. The van der Waals surface area contributed by atoms with E-state index in [1.54, 1.807) is 27.1 Å². The van der Waals surface area contributed by atoms with Crippen LogP contribution in [-0.4, -0.2) is 49.3 Å². The zero-order chi connectivity index (χ0) is 14.4. The highest BCUT2D eigenvalue weighted by Crippen LogP contribution is 2.27. The van der Waals surface area contributed by atoms with Gasteiger partial charge in [-0.05, 0) is 31.5 Å². The molecule has 1 atom stereocenters. The maximum absolute atomic E-state index is 11.8. The molecule has 0 fully saturated rings. The van der Waals surface area contributed by atoms with Crippen LogP contribution >= 0.6 is 0 Å². The minimum atomic E-state index is -0.553. The van der Waals surface area contributed by atoms with Crippen molar-refractivity contribution in [3.05, 3.63) is 23.8 Å². The van der Waals surface area contributed by atoms with Crippen molar-refractivity contribution in [1.82, 2.24) is 4.90 Å². The van der Waals surface area contributed by atoms with Gasteiger partial charge in [0.1, 0.15) is 0 Å². The third kappa shape index (κ3) is 4.79. The molecule has 0 spiro atoms. The van der Waals surface area contributed by atoms with E-state index in [1.165, 1.54) is 4.90 Å². The number of aliphatic hydroxyl groups excluding tert-OH is 1. The van der Waals surface area contributed by atoms with Gasteiger partial charge in [-0.1, -0.05) is 6.07 Å². The highest BCUT2D eigenvalue weighted by molar-refractivity contribution is 5.77. The molecular formula is C14H21NO4. The fourth-order valence-electron chi connectivity index (χ4n) is 1.64. The minimum absolute atomic E-state index is 0.0807. The van der Waals surface area contributed by atoms with E-state index >= 15 is 0 Å². The van der Waals surface area contributed by atoms with E-state index < -0.39 is 6.10 Å². The summed E-state index contributed by atoms with van der Waals surface area (Å²) in [6, 6.07) is 5.51. The number of hydrogen-bond donors (Lipinski definition) is 1. The van der Waals surface area contributed by atoms with Crippen LogP contribution in [0.3, 0.4) is 0 Å².